The average molecular weight is 214 g/mol. The predicted molar refractivity (Wildman–Crippen MR) is 66.0 cm³/mol. The van der Waals surface area contributed by atoms with E-state index in [4.69, 9.17) is 10.5 Å². The van der Waals surface area contributed by atoms with Crippen molar-refractivity contribution >= 4 is 0 Å². The summed E-state index contributed by atoms with van der Waals surface area (Å²) in [5, 5.41) is 0. The van der Waals surface area contributed by atoms with Gasteiger partial charge in [0.05, 0.1) is 6.61 Å². The zero-order valence-electron chi connectivity index (χ0n) is 10.2. The molecular formula is C12H26N2O. The number of hydrogen-bond donors (Lipinski definition) is 1. The highest BCUT2D eigenvalue weighted by atomic mass is 16.5. The summed E-state index contributed by atoms with van der Waals surface area (Å²) in [7, 11) is 1.74. The summed E-state index contributed by atoms with van der Waals surface area (Å²) in [6.07, 6.45) is 4.28. The van der Waals surface area contributed by atoms with Crippen molar-refractivity contribution in [1.82, 2.24) is 4.90 Å². The molecule has 0 saturated heterocycles. The fourth-order valence-electron chi connectivity index (χ4n) is 1.55. The second-order valence-corrected chi connectivity index (χ2v) is 3.88. The van der Waals surface area contributed by atoms with E-state index in [1.165, 1.54) is 12.8 Å². The SMILES string of the molecule is C=CCN(CCOC)CCC(CC)CN. The molecule has 3 nitrogen and oxygen atoms in total. The first-order valence-electron chi connectivity index (χ1n) is 5.80. The molecule has 0 rings (SSSR count). The molecule has 0 heterocycles. The van der Waals surface area contributed by atoms with E-state index in [1.807, 2.05) is 6.08 Å². The van der Waals surface area contributed by atoms with E-state index in [1.54, 1.807) is 7.11 Å². The van der Waals surface area contributed by atoms with Crippen molar-refractivity contribution in [3.05, 3.63) is 12.7 Å². The van der Waals surface area contributed by atoms with Crippen molar-refractivity contribution in [3.8, 4) is 0 Å². The minimum absolute atomic E-state index is 0.653. The molecule has 0 radical (unpaired) electrons. The third-order valence-electron chi connectivity index (χ3n) is 2.76. The first kappa shape index (κ1) is 14.6. The number of methoxy groups -OCH3 is 1. The van der Waals surface area contributed by atoms with E-state index in [-0.39, 0.29) is 0 Å². The van der Waals surface area contributed by atoms with Crippen LogP contribution in [-0.2, 0) is 4.74 Å². The van der Waals surface area contributed by atoms with Crippen molar-refractivity contribution in [2.75, 3.05) is 39.9 Å². The van der Waals surface area contributed by atoms with Gasteiger partial charge in [-0.15, -0.1) is 6.58 Å². The molecule has 90 valence electrons. The van der Waals surface area contributed by atoms with Crippen LogP contribution in [0.5, 0.6) is 0 Å². The maximum Gasteiger partial charge on any atom is 0.0589 e. The molecule has 0 aliphatic heterocycles. The Balaban J connectivity index is 3.77. The summed E-state index contributed by atoms with van der Waals surface area (Å²) in [6, 6.07) is 0. The molecule has 0 aliphatic carbocycles. The first-order valence-corrected chi connectivity index (χ1v) is 5.80. The smallest absolute Gasteiger partial charge is 0.0589 e. The van der Waals surface area contributed by atoms with Gasteiger partial charge in [-0.1, -0.05) is 19.4 Å². The van der Waals surface area contributed by atoms with Crippen molar-refractivity contribution < 1.29 is 4.74 Å². The Morgan fingerprint density at radius 3 is 2.67 bits per heavy atom. The maximum atomic E-state index is 5.68. The van der Waals surface area contributed by atoms with Crippen LogP contribution in [0.4, 0.5) is 0 Å². The molecule has 0 aliphatic rings. The van der Waals surface area contributed by atoms with Crippen LogP contribution in [0, 0.1) is 5.92 Å². The van der Waals surface area contributed by atoms with Crippen LogP contribution in [-0.4, -0.2) is 44.8 Å². The molecule has 1 atom stereocenters. The molecule has 0 aromatic heterocycles. The Hall–Kier alpha value is -0.380. The van der Waals surface area contributed by atoms with Crippen LogP contribution in [0.25, 0.3) is 0 Å². The molecule has 0 amide bonds. The van der Waals surface area contributed by atoms with Crippen LogP contribution in [0.2, 0.25) is 0 Å². The second kappa shape index (κ2) is 10.1. The minimum atomic E-state index is 0.653. The van der Waals surface area contributed by atoms with E-state index in [0.717, 1.165) is 32.8 Å². The van der Waals surface area contributed by atoms with Crippen LogP contribution >= 0.6 is 0 Å². The second-order valence-electron chi connectivity index (χ2n) is 3.88. The van der Waals surface area contributed by atoms with Crippen LogP contribution in [0.15, 0.2) is 12.7 Å². The topological polar surface area (TPSA) is 38.5 Å². The zero-order chi connectivity index (χ0) is 11.5. The molecule has 0 bridgehead atoms. The van der Waals surface area contributed by atoms with Gasteiger partial charge in [0.25, 0.3) is 0 Å². The summed E-state index contributed by atoms with van der Waals surface area (Å²) in [4.78, 5) is 2.36. The fraction of sp³-hybridized carbons (Fsp3) is 0.833. The lowest BCUT2D eigenvalue weighted by atomic mass is 10.0. The van der Waals surface area contributed by atoms with E-state index in [0.29, 0.717) is 5.92 Å². The Bertz CT molecular complexity index is 147. The predicted octanol–water partition coefficient (Wildman–Crippen LogP) is 1.50. The van der Waals surface area contributed by atoms with Crippen LogP contribution < -0.4 is 5.73 Å². The quantitative estimate of drug-likeness (QED) is 0.560. The van der Waals surface area contributed by atoms with E-state index in [2.05, 4.69) is 18.4 Å². The molecular weight excluding hydrogens is 188 g/mol. The summed E-state index contributed by atoms with van der Waals surface area (Å²) in [5.41, 5.74) is 5.68. The highest BCUT2D eigenvalue weighted by molar-refractivity contribution is 4.74. The van der Waals surface area contributed by atoms with Gasteiger partial charge in [-0.3, -0.25) is 4.90 Å². The van der Waals surface area contributed by atoms with Gasteiger partial charge in [-0.25, -0.2) is 0 Å². The Labute approximate surface area is 94.3 Å². The van der Waals surface area contributed by atoms with Gasteiger partial charge in [-0.05, 0) is 25.4 Å². The van der Waals surface area contributed by atoms with E-state index < -0.39 is 0 Å². The number of rotatable bonds is 10. The minimum Gasteiger partial charge on any atom is -0.383 e. The maximum absolute atomic E-state index is 5.68. The van der Waals surface area contributed by atoms with Crippen molar-refractivity contribution in [1.29, 1.82) is 0 Å². The monoisotopic (exact) mass is 214 g/mol. The average Bonchev–Trinajstić information content (AvgIpc) is 2.27. The van der Waals surface area contributed by atoms with Gasteiger partial charge in [0.15, 0.2) is 0 Å². The van der Waals surface area contributed by atoms with Crippen molar-refractivity contribution in [2.24, 2.45) is 11.7 Å². The fourth-order valence-corrected chi connectivity index (χ4v) is 1.55. The molecule has 0 spiro atoms. The standard InChI is InChI=1S/C12H26N2O/c1-4-7-14(9-10-15-3)8-6-12(5-2)11-13/h4,12H,1,5-11,13H2,2-3H3. The van der Waals surface area contributed by atoms with Crippen LogP contribution in [0.1, 0.15) is 19.8 Å². The number of nitrogens with two attached hydrogens (primary N) is 1. The van der Waals surface area contributed by atoms with E-state index >= 15 is 0 Å². The molecule has 0 fully saturated rings. The van der Waals surface area contributed by atoms with Gasteiger partial charge in [0.1, 0.15) is 0 Å². The van der Waals surface area contributed by atoms with Gasteiger partial charge in [-0.2, -0.15) is 0 Å². The lowest BCUT2D eigenvalue weighted by Gasteiger charge is -2.22. The molecule has 3 heteroatoms. The van der Waals surface area contributed by atoms with Gasteiger partial charge in [0, 0.05) is 20.2 Å². The Kier molecular flexibility index (Phi) is 9.89. The van der Waals surface area contributed by atoms with Gasteiger partial charge in [0.2, 0.25) is 0 Å². The van der Waals surface area contributed by atoms with Gasteiger partial charge >= 0.3 is 0 Å². The number of nitrogens with zero attached hydrogens (tertiary/aromatic N) is 1. The molecule has 0 saturated carbocycles. The number of ether oxygens (including phenoxy) is 1. The molecule has 1 unspecified atom stereocenters. The normalized spacial score (nSPS) is 13.1. The molecule has 15 heavy (non-hydrogen) atoms. The lowest BCUT2D eigenvalue weighted by Crippen LogP contribution is -2.30. The van der Waals surface area contributed by atoms with Crippen molar-refractivity contribution in [2.45, 2.75) is 19.8 Å². The third-order valence-corrected chi connectivity index (χ3v) is 2.76. The molecule has 2 N–H and O–H groups in total. The third kappa shape index (κ3) is 7.54. The first-order chi connectivity index (χ1) is 7.28. The lowest BCUT2D eigenvalue weighted by molar-refractivity contribution is 0.150. The summed E-state index contributed by atoms with van der Waals surface area (Å²) < 4.78 is 5.08. The highest BCUT2D eigenvalue weighted by Gasteiger charge is 2.07. The van der Waals surface area contributed by atoms with E-state index in [9.17, 15) is 0 Å². The zero-order valence-corrected chi connectivity index (χ0v) is 10.2. The molecule has 0 aromatic rings. The molecule has 0 aromatic carbocycles. The van der Waals surface area contributed by atoms with Crippen molar-refractivity contribution in [3.63, 3.8) is 0 Å². The largest absolute Gasteiger partial charge is 0.383 e. The summed E-state index contributed by atoms with van der Waals surface area (Å²) >= 11 is 0. The summed E-state index contributed by atoms with van der Waals surface area (Å²) in [6.45, 7) is 10.5. The Morgan fingerprint density at radius 2 is 2.20 bits per heavy atom. The Morgan fingerprint density at radius 1 is 1.47 bits per heavy atom. The number of hydrogen-bond acceptors (Lipinski definition) is 3. The van der Waals surface area contributed by atoms with Gasteiger partial charge < -0.3 is 10.5 Å². The summed E-state index contributed by atoms with van der Waals surface area (Å²) in [5.74, 6) is 0.653. The van der Waals surface area contributed by atoms with Crippen LogP contribution in [0.3, 0.4) is 0 Å². The highest BCUT2D eigenvalue weighted by Crippen LogP contribution is 2.07.